The Balaban J connectivity index is 1.51. The number of benzene rings is 1. The Hall–Kier alpha value is -2.35. The van der Waals surface area contributed by atoms with E-state index in [2.05, 4.69) is 21.6 Å². The van der Waals surface area contributed by atoms with Gasteiger partial charge < -0.3 is 14.8 Å². The molecule has 0 atom stereocenters. The first-order valence-corrected chi connectivity index (χ1v) is 9.67. The Morgan fingerprint density at radius 3 is 2.73 bits per heavy atom. The highest BCUT2D eigenvalue weighted by atomic mass is 32.2. The maximum atomic E-state index is 12.0. The monoisotopic (exact) mass is 373 g/mol. The fraction of sp³-hybridized carbons (Fsp3) is 0.444. The van der Waals surface area contributed by atoms with Crippen LogP contribution >= 0.6 is 11.8 Å². The van der Waals surface area contributed by atoms with Crippen molar-refractivity contribution in [2.75, 3.05) is 25.4 Å². The van der Waals surface area contributed by atoms with Crippen LogP contribution in [0.4, 0.5) is 0 Å². The van der Waals surface area contributed by atoms with Gasteiger partial charge in [-0.1, -0.05) is 35.5 Å². The number of hydrogen-bond acceptors (Lipinski definition) is 5. The Morgan fingerprint density at radius 1 is 1.23 bits per heavy atom. The van der Waals surface area contributed by atoms with Gasteiger partial charge in [0.05, 0.1) is 12.3 Å². The number of nitrogens with one attached hydrogen (secondary N) is 1. The number of aryl methyl sites for hydroxylation is 1. The normalized spacial score (nSPS) is 13.8. The molecule has 2 amide bonds. The van der Waals surface area contributed by atoms with Crippen LogP contribution in [0.3, 0.4) is 0 Å². The first-order valence-electron chi connectivity index (χ1n) is 8.68. The smallest absolute Gasteiger partial charge is 0.241 e. The largest absolute Gasteiger partial charge is 0.346 e. The Labute approximate surface area is 157 Å². The van der Waals surface area contributed by atoms with Gasteiger partial charge in [-0.15, -0.1) is 10.2 Å². The summed E-state index contributed by atoms with van der Waals surface area (Å²) in [5, 5.41) is 11.8. The minimum Gasteiger partial charge on any atom is -0.346 e. The number of carbonyl (C=O) groups is 2. The number of rotatable bonds is 6. The number of aromatic nitrogens is 3. The van der Waals surface area contributed by atoms with Crippen LogP contribution in [0.2, 0.25) is 0 Å². The topological polar surface area (TPSA) is 80.1 Å². The zero-order chi connectivity index (χ0) is 18.5. The SMILES string of the molecule is Cc1cccc(-c2nnc(SCC(=O)NCC(=O)N3CCCC3)n2C)c1. The van der Waals surface area contributed by atoms with Gasteiger partial charge in [0, 0.05) is 25.7 Å². The molecule has 0 radical (unpaired) electrons. The van der Waals surface area contributed by atoms with Gasteiger partial charge in [-0.3, -0.25) is 9.59 Å². The van der Waals surface area contributed by atoms with Crippen molar-refractivity contribution in [3.05, 3.63) is 29.8 Å². The first-order chi connectivity index (χ1) is 12.5. The molecule has 1 N–H and O–H groups in total. The summed E-state index contributed by atoms with van der Waals surface area (Å²) in [4.78, 5) is 25.7. The van der Waals surface area contributed by atoms with Crippen molar-refractivity contribution in [3.8, 4) is 11.4 Å². The Bertz CT molecular complexity index is 799. The number of hydrogen-bond donors (Lipinski definition) is 1. The van der Waals surface area contributed by atoms with Gasteiger partial charge in [0.1, 0.15) is 0 Å². The molecule has 26 heavy (non-hydrogen) atoms. The third-order valence-corrected chi connectivity index (χ3v) is 5.36. The summed E-state index contributed by atoms with van der Waals surface area (Å²) in [6, 6.07) is 8.05. The summed E-state index contributed by atoms with van der Waals surface area (Å²) in [7, 11) is 1.88. The van der Waals surface area contributed by atoms with Gasteiger partial charge in [0.15, 0.2) is 11.0 Å². The van der Waals surface area contributed by atoms with Crippen molar-refractivity contribution in [2.45, 2.75) is 24.9 Å². The van der Waals surface area contributed by atoms with Crippen molar-refractivity contribution in [1.29, 1.82) is 0 Å². The number of carbonyl (C=O) groups excluding carboxylic acids is 2. The van der Waals surface area contributed by atoms with E-state index >= 15 is 0 Å². The second kappa shape index (κ2) is 8.35. The molecular weight excluding hydrogens is 350 g/mol. The van der Waals surface area contributed by atoms with Gasteiger partial charge in [-0.2, -0.15) is 0 Å². The molecule has 1 aromatic heterocycles. The zero-order valence-corrected chi connectivity index (χ0v) is 15.9. The van der Waals surface area contributed by atoms with E-state index in [0.29, 0.717) is 5.16 Å². The van der Waals surface area contributed by atoms with E-state index in [9.17, 15) is 9.59 Å². The fourth-order valence-corrected chi connectivity index (χ4v) is 3.65. The molecule has 2 heterocycles. The molecule has 1 aromatic carbocycles. The van der Waals surface area contributed by atoms with Crippen molar-refractivity contribution in [1.82, 2.24) is 25.0 Å². The van der Waals surface area contributed by atoms with Gasteiger partial charge in [-0.05, 0) is 25.8 Å². The second-order valence-electron chi connectivity index (χ2n) is 6.39. The van der Waals surface area contributed by atoms with Crippen LogP contribution in [-0.4, -0.2) is 56.9 Å². The average Bonchev–Trinajstić information content (AvgIpc) is 3.28. The van der Waals surface area contributed by atoms with E-state index in [0.717, 1.165) is 42.9 Å². The van der Waals surface area contributed by atoms with E-state index in [1.165, 1.54) is 11.8 Å². The summed E-state index contributed by atoms with van der Waals surface area (Å²) in [5.74, 6) is 0.775. The Kier molecular flexibility index (Phi) is 5.92. The molecular formula is C18H23N5O2S. The van der Waals surface area contributed by atoms with Crippen LogP contribution in [0, 0.1) is 6.92 Å². The highest BCUT2D eigenvalue weighted by Gasteiger charge is 2.18. The minimum atomic E-state index is -0.178. The van der Waals surface area contributed by atoms with Crippen molar-refractivity contribution < 1.29 is 9.59 Å². The van der Waals surface area contributed by atoms with E-state index in [-0.39, 0.29) is 24.1 Å². The maximum absolute atomic E-state index is 12.0. The van der Waals surface area contributed by atoms with Gasteiger partial charge in [0.2, 0.25) is 11.8 Å². The molecule has 0 bridgehead atoms. The molecule has 1 saturated heterocycles. The molecule has 7 nitrogen and oxygen atoms in total. The molecule has 3 rings (SSSR count). The van der Waals surface area contributed by atoms with Crippen LogP contribution in [-0.2, 0) is 16.6 Å². The van der Waals surface area contributed by atoms with Gasteiger partial charge in [-0.25, -0.2) is 0 Å². The maximum Gasteiger partial charge on any atom is 0.241 e. The third-order valence-electron chi connectivity index (χ3n) is 4.34. The summed E-state index contributed by atoms with van der Waals surface area (Å²) in [6.07, 6.45) is 2.09. The Morgan fingerprint density at radius 2 is 2.00 bits per heavy atom. The zero-order valence-electron chi connectivity index (χ0n) is 15.1. The van der Waals surface area contributed by atoms with Crippen molar-refractivity contribution >= 4 is 23.6 Å². The minimum absolute atomic E-state index is 0.0127. The van der Waals surface area contributed by atoms with E-state index in [1.54, 1.807) is 4.90 Å². The highest BCUT2D eigenvalue weighted by Crippen LogP contribution is 2.23. The summed E-state index contributed by atoms with van der Waals surface area (Å²) in [6.45, 7) is 3.68. The predicted molar refractivity (Wildman–Crippen MR) is 101 cm³/mol. The van der Waals surface area contributed by atoms with E-state index in [1.807, 2.05) is 36.7 Å². The molecule has 2 aromatic rings. The average molecular weight is 373 g/mol. The first kappa shape index (κ1) is 18.4. The molecule has 1 aliphatic rings. The summed E-state index contributed by atoms with van der Waals surface area (Å²) >= 11 is 1.31. The van der Waals surface area contributed by atoms with E-state index < -0.39 is 0 Å². The number of thioether (sulfide) groups is 1. The van der Waals surface area contributed by atoms with Crippen LogP contribution in [0.25, 0.3) is 11.4 Å². The lowest BCUT2D eigenvalue weighted by molar-refractivity contribution is -0.131. The van der Waals surface area contributed by atoms with E-state index in [4.69, 9.17) is 0 Å². The third kappa shape index (κ3) is 4.43. The second-order valence-corrected chi connectivity index (χ2v) is 7.33. The lowest BCUT2D eigenvalue weighted by Gasteiger charge is -2.15. The number of likely N-dealkylation sites (tertiary alicyclic amines) is 1. The highest BCUT2D eigenvalue weighted by molar-refractivity contribution is 7.99. The van der Waals surface area contributed by atoms with Crippen LogP contribution in [0.5, 0.6) is 0 Å². The molecule has 1 aliphatic heterocycles. The van der Waals surface area contributed by atoms with Crippen LogP contribution in [0.15, 0.2) is 29.4 Å². The van der Waals surface area contributed by atoms with Gasteiger partial charge in [0.25, 0.3) is 0 Å². The molecule has 0 unspecified atom stereocenters. The summed E-state index contributed by atoms with van der Waals surface area (Å²) in [5.41, 5.74) is 2.15. The fourth-order valence-electron chi connectivity index (χ4n) is 2.91. The van der Waals surface area contributed by atoms with Crippen molar-refractivity contribution in [3.63, 3.8) is 0 Å². The molecule has 0 saturated carbocycles. The quantitative estimate of drug-likeness (QED) is 0.779. The molecule has 8 heteroatoms. The number of amides is 2. The molecule has 0 spiro atoms. The van der Waals surface area contributed by atoms with Crippen LogP contribution in [0.1, 0.15) is 18.4 Å². The molecule has 0 aliphatic carbocycles. The lowest BCUT2D eigenvalue weighted by Crippen LogP contribution is -2.39. The van der Waals surface area contributed by atoms with Crippen LogP contribution < -0.4 is 5.32 Å². The predicted octanol–water partition coefficient (Wildman–Crippen LogP) is 1.62. The molecule has 138 valence electrons. The number of nitrogens with zero attached hydrogens (tertiary/aromatic N) is 4. The van der Waals surface area contributed by atoms with Crippen molar-refractivity contribution in [2.24, 2.45) is 7.05 Å². The summed E-state index contributed by atoms with van der Waals surface area (Å²) < 4.78 is 1.88. The van der Waals surface area contributed by atoms with Gasteiger partial charge >= 0.3 is 0 Å². The standard InChI is InChI=1S/C18H23N5O2S/c1-13-6-5-7-14(10-13)17-20-21-18(22(17)2)26-12-15(24)19-11-16(25)23-8-3-4-9-23/h5-7,10H,3-4,8-9,11-12H2,1-2H3,(H,19,24). The molecule has 1 fully saturated rings. The lowest BCUT2D eigenvalue weighted by atomic mass is 10.1.